The van der Waals surface area contributed by atoms with Crippen LogP contribution in [0.15, 0.2) is 18.2 Å². The van der Waals surface area contributed by atoms with Gasteiger partial charge in [0.15, 0.2) is 16.8 Å². The van der Waals surface area contributed by atoms with E-state index in [1.165, 1.54) is 6.07 Å². The molecule has 0 saturated carbocycles. The van der Waals surface area contributed by atoms with Crippen molar-refractivity contribution in [2.45, 2.75) is 13.3 Å². The fraction of sp³-hybridized carbons (Fsp3) is 0.154. The molecule has 1 aromatic carbocycles. The SMILES string of the molecule is CCC(=O)Nc1nc(-c2ccc(F)c(F)c2)c(C(=O)O)s1. The Morgan fingerprint density at radius 2 is 2.05 bits per heavy atom. The van der Waals surface area contributed by atoms with Crippen molar-refractivity contribution in [3.05, 3.63) is 34.7 Å². The van der Waals surface area contributed by atoms with Gasteiger partial charge in [-0.15, -0.1) is 0 Å². The highest BCUT2D eigenvalue weighted by Crippen LogP contribution is 2.32. The van der Waals surface area contributed by atoms with Gasteiger partial charge in [0.1, 0.15) is 4.88 Å². The van der Waals surface area contributed by atoms with E-state index in [0.717, 1.165) is 23.5 Å². The minimum Gasteiger partial charge on any atom is -0.477 e. The molecule has 8 heteroatoms. The molecule has 1 amide bonds. The molecule has 110 valence electrons. The van der Waals surface area contributed by atoms with E-state index in [1.54, 1.807) is 6.92 Å². The topological polar surface area (TPSA) is 79.3 Å². The van der Waals surface area contributed by atoms with Gasteiger partial charge in [-0.2, -0.15) is 0 Å². The number of carboxylic acids is 1. The predicted octanol–water partition coefficient (Wildman–Crippen LogP) is 3.14. The zero-order chi connectivity index (χ0) is 15.6. The number of carboxylic acid groups (broad SMARTS) is 1. The molecule has 0 saturated heterocycles. The summed E-state index contributed by atoms with van der Waals surface area (Å²) in [4.78, 5) is 26.3. The Morgan fingerprint density at radius 1 is 1.33 bits per heavy atom. The van der Waals surface area contributed by atoms with Crippen molar-refractivity contribution in [3.63, 3.8) is 0 Å². The Hall–Kier alpha value is -2.35. The Balaban J connectivity index is 2.48. The minimum absolute atomic E-state index is 0.0159. The second-order valence-electron chi connectivity index (χ2n) is 4.03. The third kappa shape index (κ3) is 3.22. The number of nitrogens with one attached hydrogen (secondary N) is 1. The van der Waals surface area contributed by atoms with Crippen LogP contribution in [-0.2, 0) is 4.79 Å². The van der Waals surface area contributed by atoms with E-state index in [1.807, 2.05) is 0 Å². The van der Waals surface area contributed by atoms with E-state index >= 15 is 0 Å². The van der Waals surface area contributed by atoms with E-state index in [-0.39, 0.29) is 33.6 Å². The summed E-state index contributed by atoms with van der Waals surface area (Å²) in [6.45, 7) is 1.64. The van der Waals surface area contributed by atoms with Crippen LogP contribution >= 0.6 is 11.3 Å². The molecule has 1 aromatic heterocycles. The zero-order valence-electron chi connectivity index (χ0n) is 10.8. The van der Waals surface area contributed by atoms with Crippen LogP contribution < -0.4 is 5.32 Å². The third-order valence-corrected chi connectivity index (χ3v) is 3.54. The molecule has 2 rings (SSSR count). The highest BCUT2D eigenvalue weighted by Gasteiger charge is 2.20. The van der Waals surface area contributed by atoms with Gasteiger partial charge in [0.2, 0.25) is 5.91 Å². The van der Waals surface area contributed by atoms with Crippen LogP contribution in [0.25, 0.3) is 11.3 Å². The Bertz CT molecular complexity index is 715. The van der Waals surface area contributed by atoms with Crippen LogP contribution in [0.2, 0.25) is 0 Å². The molecule has 2 aromatic rings. The van der Waals surface area contributed by atoms with E-state index in [4.69, 9.17) is 5.11 Å². The van der Waals surface area contributed by atoms with Crippen molar-refractivity contribution in [1.29, 1.82) is 0 Å². The van der Waals surface area contributed by atoms with Gasteiger partial charge in [-0.3, -0.25) is 4.79 Å². The molecule has 0 atom stereocenters. The maximum Gasteiger partial charge on any atom is 0.348 e. The molecule has 0 aliphatic rings. The summed E-state index contributed by atoms with van der Waals surface area (Å²) in [5.74, 6) is -3.72. The lowest BCUT2D eigenvalue weighted by Crippen LogP contribution is -2.08. The smallest absolute Gasteiger partial charge is 0.348 e. The number of carbonyl (C=O) groups is 2. The lowest BCUT2D eigenvalue weighted by molar-refractivity contribution is -0.115. The second kappa shape index (κ2) is 5.96. The maximum atomic E-state index is 13.3. The number of amides is 1. The van der Waals surface area contributed by atoms with Gasteiger partial charge in [-0.25, -0.2) is 18.6 Å². The van der Waals surface area contributed by atoms with E-state index in [0.29, 0.717) is 0 Å². The van der Waals surface area contributed by atoms with Gasteiger partial charge in [-0.05, 0) is 18.2 Å². The number of anilines is 1. The largest absolute Gasteiger partial charge is 0.477 e. The Labute approximate surface area is 122 Å². The van der Waals surface area contributed by atoms with E-state index in [9.17, 15) is 18.4 Å². The van der Waals surface area contributed by atoms with E-state index in [2.05, 4.69) is 10.3 Å². The summed E-state index contributed by atoms with van der Waals surface area (Å²) >= 11 is 0.757. The summed E-state index contributed by atoms with van der Waals surface area (Å²) in [7, 11) is 0. The molecule has 0 aliphatic heterocycles. The summed E-state index contributed by atoms with van der Waals surface area (Å²) in [5, 5.41) is 11.7. The number of nitrogens with zero attached hydrogens (tertiary/aromatic N) is 1. The monoisotopic (exact) mass is 312 g/mol. The van der Waals surface area contributed by atoms with Crippen LogP contribution in [0.5, 0.6) is 0 Å². The minimum atomic E-state index is -1.26. The number of thiazole rings is 1. The van der Waals surface area contributed by atoms with Crippen molar-refractivity contribution in [1.82, 2.24) is 4.98 Å². The Morgan fingerprint density at radius 3 is 2.62 bits per heavy atom. The maximum absolute atomic E-state index is 13.3. The second-order valence-corrected chi connectivity index (χ2v) is 5.03. The standard InChI is InChI=1S/C13H10F2N2O3S/c1-2-9(18)16-13-17-10(11(21-13)12(19)20)6-3-4-7(14)8(15)5-6/h3-5H,2H2,1H3,(H,19,20)(H,16,17,18). The first-order valence-electron chi connectivity index (χ1n) is 5.91. The van der Waals surface area contributed by atoms with Crippen molar-refractivity contribution in [3.8, 4) is 11.3 Å². The molecule has 0 radical (unpaired) electrons. The number of aromatic carboxylic acids is 1. The molecular weight excluding hydrogens is 302 g/mol. The predicted molar refractivity (Wildman–Crippen MR) is 73.3 cm³/mol. The lowest BCUT2D eigenvalue weighted by Gasteiger charge is -2.00. The number of aromatic nitrogens is 1. The van der Waals surface area contributed by atoms with E-state index < -0.39 is 17.6 Å². The first-order valence-corrected chi connectivity index (χ1v) is 6.73. The van der Waals surface area contributed by atoms with Gasteiger partial charge >= 0.3 is 5.97 Å². The molecule has 2 N–H and O–H groups in total. The van der Waals surface area contributed by atoms with Crippen LogP contribution in [-0.4, -0.2) is 22.0 Å². The molecule has 0 spiro atoms. The molecule has 1 heterocycles. The fourth-order valence-corrected chi connectivity index (χ4v) is 2.41. The summed E-state index contributed by atoms with van der Waals surface area (Å²) < 4.78 is 26.2. The van der Waals surface area contributed by atoms with Gasteiger partial charge in [0.25, 0.3) is 0 Å². The van der Waals surface area contributed by atoms with Crippen LogP contribution in [0.1, 0.15) is 23.0 Å². The molecular formula is C13H10F2N2O3S. The van der Waals surface area contributed by atoms with Gasteiger partial charge in [0, 0.05) is 12.0 Å². The van der Waals surface area contributed by atoms with Crippen molar-refractivity contribution in [2.24, 2.45) is 0 Å². The van der Waals surface area contributed by atoms with Gasteiger partial charge in [0.05, 0.1) is 5.69 Å². The highest BCUT2D eigenvalue weighted by molar-refractivity contribution is 7.18. The normalized spacial score (nSPS) is 10.4. The molecule has 0 aliphatic carbocycles. The summed E-state index contributed by atoms with van der Waals surface area (Å²) in [5.41, 5.74) is 0.109. The first-order chi connectivity index (χ1) is 9.92. The number of carbonyl (C=O) groups excluding carboxylic acids is 1. The van der Waals surface area contributed by atoms with Gasteiger partial charge in [-0.1, -0.05) is 18.3 Å². The summed E-state index contributed by atoms with van der Waals surface area (Å²) in [6, 6.07) is 2.98. The van der Waals surface area contributed by atoms with Gasteiger partial charge < -0.3 is 10.4 Å². The average Bonchev–Trinajstić information content (AvgIpc) is 2.85. The van der Waals surface area contributed by atoms with Crippen LogP contribution in [0, 0.1) is 11.6 Å². The number of halogens is 2. The molecule has 0 fully saturated rings. The highest BCUT2D eigenvalue weighted by atomic mass is 32.1. The quantitative estimate of drug-likeness (QED) is 0.909. The molecule has 0 unspecified atom stereocenters. The van der Waals surface area contributed by atoms with Crippen molar-refractivity contribution < 1.29 is 23.5 Å². The fourth-order valence-electron chi connectivity index (χ4n) is 1.57. The average molecular weight is 312 g/mol. The Kier molecular flexibility index (Phi) is 4.27. The number of rotatable bonds is 4. The van der Waals surface area contributed by atoms with Crippen molar-refractivity contribution >= 4 is 28.3 Å². The number of benzene rings is 1. The van der Waals surface area contributed by atoms with Crippen LogP contribution in [0.4, 0.5) is 13.9 Å². The zero-order valence-corrected chi connectivity index (χ0v) is 11.6. The number of hydrogen-bond donors (Lipinski definition) is 2. The lowest BCUT2D eigenvalue weighted by atomic mass is 10.1. The molecule has 21 heavy (non-hydrogen) atoms. The molecule has 5 nitrogen and oxygen atoms in total. The summed E-state index contributed by atoms with van der Waals surface area (Å²) in [6.07, 6.45) is 0.211. The van der Waals surface area contributed by atoms with Crippen LogP contribution in [0.3, 0.4) is 0 Å². The van der Waals surface area contributed by atoms with Crippen molar-refractivity contribution in [2.75, 3.05) is 5.32 Å². The number of hydrogen-bond acceptors (Lipinski definition) is 4. The third-order valence-electron chi connectivity index (χ3n) is 2.58. The first kappa shape index (κ1) is 15.0. The molecule has 0 bridgehead atoms.